The number of hydrogen-bond donors (Lipinski definition) is 2. The van der Waals surface area contributed by atoms with Crippen LogP contribution in [0.2, 0.25) is 0 Å². The fraction of sp³-hybridized carbons (Fsp3) is 0.481. The first-order valence-electron chi connectivity index (χ1n) is 12.0. The van der Waals surface area contributed by atoms with Gasteiger partial charge < -0.3 is 20.1 Å². The summed E-state index contributed by atoms with van der Waals surface area (Å²) >= 11 is 0. The first-order chi connectivity index (χ1) is 16.3. The van der Waals surface area contributed by atoms with Crippen LogP contribution in [0.15, 0.2) is 36.4 Å². The third-order valence-corrected chi connectivity index (χ3v) is 6.36. The topological polar surface area (TPSA) is 78.9 Å². The van der Waals surface area contributed by atoms with E-state index in [0.717, 1.165) is 44.3 Å². The van der Waals surface area contributed by atoms with Crippen LogP contribution in [-0.2, 0) is 11.2 Å². The highest BCUT2D eigenvalue weighted by Crippen LogP contribution is 2.30. The number of benzene rings is 2. The third kappa shape index (κ3) is 6.21. The highest BCUT2D eigenvalue weighted by Gasteiger charge is 2.29. The van der Waals surface area contributed by atoms with E-state index in [2.05, 4.69) is 5.32 Å². The molecule has 1 unspecified atom stereocenters. The van der Waals surface area contributed by atoms with Crippen molar-refractivity contribution in [2.24, 2.45) is 0 Å². The standard InChI is InChI=1S/C27H35FN2O4/c1-18(2)30(22-8-6-13-29-17-22)26(31)20-9-11-23(19(15-20)7-4-5-14-34-3)24-16-21(27(32)33)10-12-25(24)28/h9-12,15-16,18,22,29H,4-8,13-14,17H2,1-3H3,(H,32,33). The molecule has 0 aromatic heterocycles. The maximum atomic E-state index is 14.8. The minimum absolute atomic E-state index is 0.0256. The number of piperidine rings is 1. The van der Waals surface area contributed by atoms with Crippen molar-refractivity contribution in [1.82, 2.24) is 10.2 Å². The van der Waals surface area contributed by atoms with Crippen molar-refractivity contribution in [1.29, 1.82) is 0 Å². The van der Waals surface area contributed by atoms with E-state index in [1.165, 1.54) is 18.2 Å². The van der Waals surface area contributed by atoms with Gasteiger partial charge in [-0.1, -0.05) is 6.07 Å². The maximum Gasteiger partial charge on any atom is 0.335 e. The molecule has 34 heavy (non-hydrogen) atoms. The number of methoxy groups -OCH3 is 1. The molecule has 0 aliphatic carbocycles. The van der Waals surface area contributed by atoms with Gasteiger partial charge in [-0.25, -0.2) is 9.18 Å². The predicted molar refractivity (Wildman–Crippen MR) is 131 cm³/mol. The maximum absolute atomic E-state index is 14.8. The number of carbonyl (C=O) groups is 2. The summed E-state index contributed by atoms with van der Waals surface area (Å²) in [6, 6.07) is 9.32. The smallest absolute Gasteiger partial charge is 0.335 e. The number of ether oxygens (including phenoxy) is 1. The normalized spacial score (nSPS) is 16.0. The largest absolute Gasteiger partial charge is 0.478 e. The molecule has 1 saturated heterocycles. The fourth-order valence-electron chi connectivity index (χ4n) is 4.66. The van der Waals surface area contributed by atoms with Crippen LogP contribution in [0.1, 0.15) is 65.8 Å². The number of aromatic carboxylic acids is 1. The minimum Gasteiger partial charge on any atom is -0.478 e. The molecular weight excluding hydrogens is 435 g/mol. The fourth-order valence-corrected chi connectivity index (χ4v) is 4.66. The van der Waals surface area contributed by atoms with Crippen molar-refractivity contribution >= 4 is 11.9 Å². The van der Waals surface area contributed by atoms with Crippen LogP contribution in [-0.4, -0.2) is 60.8 Å². The lowest BCUT2D eigenvalue weighted by Crippen LogP contribution is -2.51. The predicted octanol–water partition coefficient (Wildman–Crippen LogP) is 4.76. The molecule has 1 atom stereocenters. The third-order valence-electron chi connectivity index (χ3n) is 6.36. The van der Waals surface area contributed by atoms with E-state index >= 15 is 0 Å². The molecule has 7 heteroatoms. The van der Waals surface area contributed by atoms with Gasteiger partial charge in [-0.2, -0.15) is 0 Å². The molecule has 0 saturated carbocycles. The molecule has 0 spiro atoms. The minimum atomic E-state index is -1.11. The number of unbranched alkanes of at least 4 members (excludes halogenated alkanes) is 1. The van der Waals surface area contributed by atoms with Crippen LogP contribution in [0, 0.1) is 5.82 Å². The lowest BCUT2D eigenvalue weighted by atomic mass is 9.92. The molecule has 1 aliphatic heterocycles. The molecule has 184 valence electrons. The molecule has 1 heterocycles. The number of amides is 1. The number of carbonyl (C=O) groups excluding carboxylic acids is 1. The molecule has 6 nitrogen and oxygen atoms in total. The quantitative estimate of drug-likeness (QED) is 0.490. The van der Waals surface area contributed by atoms with Crippen molar-refractivity contribution in [3.63, 3.8) is 0 Å². The Hall–Kier alpha value is -2.77. The summed E-state index contributed by atoms with van der Waals surface area (Å²) < 4.78 is 19.9. The summed E-state index contributed by atoms with van der Waals surface area (Å²) in [5, 5.41) is 12.8. The zero-order valence-electron chi connectivity index (χ0n) is 20.3. The molecule has 2 aromatic carbocycles. The number of nitrogens with one attached hydrogen (secondary N) is 1. The Morgan fingerprint density at radius 3 is 2.56 bits per heavy atom. The zero-order valence-corrected chi connectivity index (χ0v) is 20.3. The SMILES string of the molecule is COCCCCc1cc(C(=O)N(C(C)C)C2CCCNC2)ccc1-c1cc(C(=O)O)ccc1F. The highest BCUT2D eigenvalue weighted by molar-refractivity contribution is 5.96. The summed E-state index contributed by atoms with van der Waals surface area (Å²) in [5.41, 5.74) is 2.27. The second-order valence-corrected chi connectivity index (χ2v) is 9.13. The number of rotatable bonds is 10. The van der Waals surface area contributed by atoms with Gasteiger partial charge in [0.15, 0.2) is 0 Å². The van der Waals surface area contributed by atoms with Crippen LogP contribution in [0.25, 0.3) is 11.1 Å². The van der Waals surface area contributed by atoms with Crippen LogP contribution in [0.5, 0.6) is 0 Å². The van der Waals surface area contributed by atoms with Crippen LogP contribution < -0.4 is 5.32 Å². The molecule has 2 aromatic rings. The van der Waals surface area contributed by atoms with Gasteiger partial charge in [-0.3, -0.25) is 4.79 Å². The van der Waals surface area contributed by atoms with Gasteiger partial charge >= 0.3 is 5.97 Å². The van der Waals surface area contributed by atoms with Gasteiger partial charge in [-0.15, -0.1) is 0 Å². The Kier molecular flexibility index (Phi) is 9.19. The summed E-state index contributed by atoms with van der Waals surface area (Å²) in [6.45, 7) is 6.42. The van der Waals surface area contributed by atoms with E-state index < -0.39 is 11.8 Å². The van der Waals surface area contributed by atoms with E-state index in [4.69, 9.17) is 4.74 Å². The molecule has 2 N–H and O–H groups in total. The number of halogens is 1. The van der Waals surface area contributed by atoms with Crippen molar-refractivity contribution in [3.8, 4) is 11.1 Å². The van der Waals surface area contributed by atoms with Crippen molar-refractivity contribution < 1.29 is 23.8 Å². The second-order valence-electron chi connectivity index (χ2n) is 9.13. The van der Waals surface area contributed by atoms with Crippen LogP contribution >= 0.6 is 0 Å². The van der Waals surface area contributed by atoms with Gasteiger partial charge in [0, 0.05) is 43.5 Å². The lowest BCUT2D eigenvalue weighted by molar-refractivity contribution is 0.0572. The number of nitrogens with zero attached hydrogens (tertiary/aromatic N) is 1. The number of carboxylic acids is 1. The number of aryl methyl sites for hydroxylation is 1. The van der Waals surface area contributed by atoms with Crippen LogP contribution in [0.3, 0.4) is 0 Å². The van der Waals surface area contributed by atoms with Gasteiger partial charge in [0.1, 0.15) is 5.82 Å². The Morgan fingerprint density at radius 1 is 1.15 bits per heavy atom. The monoisotopic (exact) mass is 470 g/mol. The van der Waals surface area contributed by atoms with Crippen molar-refractivity contribution in [3.05, 3.63) is 58.9 Å². The summed E-state index contributed by atoms with van der Waals surface area (Å²) in [5.74, 6) is -1.63. The second kappa shape index (κ2) is 12.1. The average molecular weight is 471 g/mol. The molecule has 1 amide bonds. The van der Waals surface area contributed by atoms with E-state index in [-0.39, 0.29) is 29.1 Å². The van der Waals surface area contributed by atoms with Gasteiger partial charge in [0.25, 0.3) is 5.91 Å². The summed E-state index contributed by atoms with van der Waals surface area (Å²) in [6.07, 6.45) is 4.26. The summed E-state index contributed by atoms with van der Waals surface area (Å²) in [7, 11) is 1.65. The Labute approximate surface area is 201 Å². The first-order valence-corrected chi connectivity index (χ1v) is 12.0. The lowest BCUT2D eigenvalue weighted by Gasteiger charge is -2.37. The molecule has 1 fully saturated rings. The molecule has 3 rings (SSSR count). The van der Waals surface area contributed by atoms with Gasteiger partial charge in [-0.05, 0) is 94.0 Å². The van der Waals surface area contributed by atoms with Crippen molar-refractivity contribution in [2.75, 3.05) is 26.8 Å². The highest BCUT2D eigenvalue weighted by atomic mass is 19.1. The Balaban J connectivity index is 1.99. The molecule has 0 radical (unpaired) electrons. The average Bonchev–Trinajstić information content (AvgIpc) is 2.82. The van der Waals surface area contributed by atoms with E-state index in [0.29, 0.717) is 24.2 Å². The Morgan fingerprint density at radius 2 is 1.91 bits per heavy atom. The van der Waals surface area contributed by atoms with E-state index in [9.17, 15) is 19.1 Å². The molecule has 1 aliphatic rings. The Bertz CT molecular complexity index is 1000. The van der Waals surface area contributed by atoms with Gasteiger partial charge in [0.2, 0.25) is 0 Å². The van der Waals surface area contributed by atoms with E-state index in [1.54, 1.807) is 19.2 Å². The van der Waals surface area contributed by atoms with Crippen molar-refractivity contribution in [2.45, 2.75) is 58.0 Å². The number of hydrogen-bond acceptors (Lipinski definition) is 4. The van der Waals surface area contributed by atoms with Gasteiger partial charge in [0.05, 0.1) is 5.56 Å². The van der Waals surface area contributed by atoms with Crippen LogP contribution in [0.4, 0.5) is 4.39 Å². The zero-order chi connectivity index (χ0) is 24.7. The first kappa shape index (κ1) is 25.8. The molecular formula is C27H35FN2O4. The van der Waals surface area contributed by atoms with E-state index in [1.807, 2.05) is 24.8 Å². The molecule has 0 bridgehead atoms. The number of carboxylic acid groups (broad SMARTS) is 1. The summed E-state index contributed by atoms with van der Waals surface area (Å²) in [4.78, 5) is 27.0.